The Labute approximate surface area is 450 Å². The molecule has 0 spiro atoms. The molecule has 2 aliphatic rings. The monoisotopic (exact) mass is 1050 g/mol. The lowest BCUT2D eigenvalue weighted by Crippen LogP contribution is -2.47. The number of fused-ring (bicyclic) bond motifs is 2. The summed E-state index contributed by atoms with van der Waals surface area (Å²) in [6.07, 6.45) is 1.72. The second kappa shape index (κ2) is 27.3. The standard InChI is InChI=1S/2C30H31N3O3.2ClH.H2O/c2*1-22-27(34)25-14-8-15-26(29(25)36-28(22)23-10-4-2-5-11-23)30(35)31-16-9-17-32-18-20-33(21-19-32)24-12-6-3-7-13-24;;;/h2*2-8,10-15H,9,16-21H2,1H3,(H,31,35);2*1H;1H2. The predicted molar refractivity (Wildman–Crippen MR) is 308 cm³/mol. The minimum absolute atomic E-state index is 0. The Morgan fingerprint density at radius 1 is 0.453 bits per heavy atom. The lowest BCUT2D eigenvalue weighted by molar-refractivity contribution is 0.0943. The van der Waals surface area contributed by atoms with Gasteiger partial charge in [-0.25, -0.2) is 0 Å². The summed E-state index contributed by atoms with van der Waals surface area (Å²) in [4.78, 5) is 61.9. The molecule has 2 amide bonds. The van der Waals surface area contributed by atoms with Crippen LogP contribution in [0, 0.1) is 13.8 Å². The van der Waals surface area contributed by atoms with Crippen LogP contribution in [0.15, 0.2) is 176 Å². The SMILES string of the molecule is Cc1c(-c2ccccc2)oc2c(C(=O)NCCCN3CCN(c4ccccc4)CC3)cccc2c1=O.Cc1c(-c2ccccc2)oc2c(C(=O)NCCCN3CCN(c4ccccc4)CC3)cccc2c1=O.Cl.Cl.O. The summed E-state index contributed by atoms with van der Waals surface area (Å²) in [5.41, 5.74) is 6.48. The Hall–Kier alpha value is -7.26. The molecule has 0 unspecified atom stereocenters. The van der Waals surface area contributed by atoms with Crippen molar-refractivity contribution in [2.45, 2.75) is 26.7 Å². The highest BCUT2D eigenvalue weighted by Crippen LogP contribution is 2.29. The van der Waals surface area contributed by atoms with Crippen LogP contribution in [0.5, 0.6) is 0 Å². The van der Waals surface area contributed by atoms with E-state index in [-0.39, 0.29) is 53.0 Å². The summed E-state index contributed by atoms with van der Waals surface area (Å²) in [7, 11) is 0. The number of benzene rings is 6. The van der Waals surface area contributed by atoms with Gasteiger partial charge in [0.05, 0.1) is 21.9 Å². The summed E-state index contributed by atoms with van der Waals surface area (Å²) in [5, 5.41) is 6.90. The van der Waals surface area contributed by atoms with E-state index in [0.29, 0.717) is 68.8 Å². The predicted octanol–water partition coefficient (Wildman–Crippen LogP) is 9.44. The van der Waals surface area contributed by atoms with E-state index in [2.05, 4.69) is 78.8 Å². The largest absolute Gasteiger partial charge is 0.455 e. The molecule has 6 aromatic carbocycles. The maximum atomic E-state index is 13.1. The van der Waals surface area contributed by atoms with Gasteiger partial charge in [-0.1, -0.05) is 109 Å². The van der Waals surface area contributed by atoms with Crippen molar-refractivity contribution in [1.82, 2.24) is 20.4 Å². The summed E-state index contributed by atoms with van der Waals surface area (Å²) in [6.45, 7) is 14.6. The maximum Gasteiger partial charge on any atom is 0.255 e. The van der Waals surface area contributed by atoms with Crippen LogP contribution in [0.2, 0.25) is 0 Å². The van der Waals surface area contributed by atoms with Gasteiger partial charge in [-0.2, -0.15) is 0 Å². The van der Waals surface area contributed by atoms with Gasteiger partial charge in [-0.15, -0.1) is 24.8 Å². The molecule has 0 aliphatic carbocycles. The number of hydrogen-bond donors (Lipinski definition) is 2. The fourth-order valence-electron chi connectivity index (χ4n) is 9.64. The van der Waals surface area contributed by atoms with Gasteiger partial charge in [0, 0.05) is 99.1 Å². The number of nitrogens with zero attached hydrogens (tertiary/aromatic N) is 4. The van der Waals surface area contributed by atoms with Crippen molar-refractivity contribution in [3.8, 4) is 22.6 Å². The first-order valence-corrected chi connectivity index (χ1v) is 25.1. The van der Waals surface area contributed by atoms with Crippen LogP contribution in [-0.4, -0.2) is 106 Å². The van der Waals surface area contributed by atoms with Crippen LogP contribution in [0.1, 0.15) is 44.7 Å². The highest BCUT2D eigenvalue weighted by Gasteiger charge is 2.22. The lowest BCUT2D eigenvalue weighted by atomic mass is 10.0. The number of nitrogens with one attached hydrogen (secondary N) is 2. The van der Waals surface area contributed by atoms with E-state index in [0.717, 1.165) is 89.4 Å². The zero-order chi connectivity index (χ0) is 49.8. The second-order valence-corrected chi connectivity index (χ2v) is 18.4. The summed E-state index contributed by atoms with van der Waals surface area (Å²) in [6, 6.07) is 50.4. The molecule has 392 valence electrons. The number of para-hydroxylation sites is 4. The number of carbonyl (C=O) groups is 2. The molecule has 0 saturated carbocycles. The highest BCUT2D eigenvalue weighted by atomic mass is 35.5. The Bertz CT molecular complexity index is 3020. The first kappa shape index (κ1) is 57.0. The molecule has 2 saturated heterocycles. The van der Waals surface area contributed by atoms with Gasteiger partial charge in [0.15, 0.2) is 22.0 Å². The Balaban J connectivity index is 0.000000234. The molecule has 0 atom stereocenters. The van der Waals surface area contributed by atoms with Crippen LogP contribution in [-0.2, 0) is 0 Å². The van der Waals surface area contributed by atoms with E-state index >= 15 is 0 Å². The number of halogens is 2. The molecule has 2 fully saturated rings. The van der Waals surface area contributed by atoms with Crippen LogP contribution >= 0.6 is 24.8 Å². The third-order valence-electron chi connectivity index (χ3n) is 13.7. The van der Waals surface area contributed by atoms with Gasteiger partial charge in [-0.05, 0) is 88.3 Å². The average molecular weight is 1050 g/mol. The van der Waals surface area contributed by atoms with Crippen molar-refractivity contribution in [2.24, 2.45) is 0 Å². The quantitative estimate of drug-likeness (QED) is 0.100. The van der Waals surface area contributed by atoms with Crippen molar-refractivity contribution >= 4 is 69.9 Å². The van der Waals surface area contributed by atoms with Crippen molar-refractivity contribution in [1.29, 1.82) is 0 Å². The fourth-order valence-corrected chi connectivity index (χ4v) is 9.64. The van der Waals surface area contributed by atoms with E-state index in [4.69, 9.17) is 8.83 Å². The van der Waals surface area contributed by atoms with Gasteiger partial charge in [0.25, 0.3) is 11.8 Å². The molecule has 15 heteroatoms. The number of rotatable bonds is 14. The lowest BCUT2D eigenvalue weighted by Gasteiger charge is -2.36. The second-order valence-electron chi connectivity index (χ2n) is 18.4. The highest BCUT2D eigenvalue weighted by molar-refractivity contribution is 6.06. The number of hydrogen-bond acceptors (Lipinski definition) is 10. The zero-order valence-corrected chi connectivity index (χ0v) is 44.1. The molecule has 4 heterocycles. The fraction of sp³-hybridized carbons (Fsp3) is 0.267. The van der Waals surface area contributed by atoms with Crippen LogP contribution < -0.4 is 31.3 Å². The molecule has 0 bridgehead atoms. The van der Waals surface area contributed by atoms with E-state index in [1.165, 1.54) is 11.4 Å². The van der Waals surface area contributed by atoms with Gasteiger partial charge in [0.1, 0.15) is 11.5 Å². The number of piperazine rings is 2. The van der Waals surface area contributed by atoms with E-state index in [9.17, 15) is 19.2 Å². The minimum Gasteiger partial charge on any atom is -0.455 e. The maximum absolute atomic E-state index is 13.1. The van der Waals surface area contributed by atoms with Crippen LogP contribution in [0.4, 0.5) is 11.4 Å². The topological polar surface area (TPSA) is 163 Å². The first-order chi connectivity index (χ1) is 35.2. The molecule has 2 aromatic heterocycles. The Morgan fingerprint density at radius 3 is 1.13 bits per heavy atom. The normalized spacial score (nSPS) is 13.6. The third kappa shape index (κ3) is 13.7. The number of carbonyl (C=O) groups excluding carboxylic acids is 2. The van der Waals surface area contributed by atoms with Crippen LogP contribution in [0.25, 0.3) is 44.6 Å². The van der Waals surface area contributed by atoms with Gasteiger partial charge in [0.2, 0.25) is 0 Å². The third-order valence-corrected chi connectivity index (χ3v) is 13.7. The van der Waals surface area contributed by atoms with Crippen molar-refractivity contribution < 1.29 is 23.9 Å². The molecule has 10 rings (SSSR count). The van der Waals surface area contributed by atoms with Gasteiger partial charge in [-0.3, -0.25) is 29.0 Å². The molecule has 8 aromatic rings. The molecular weight excluding hydrogens is 988 g/mol. The summed E-state index contributed by atoms with van der Waals surface area (Å²) >= 11 is 0. The molecule has 13 nitrogen and oxygen atoms in total. The van der Waals surface area contributed by atoms with E-state index in [1.54, 1.807) is 50.2 Å². The molecular formula is C60H66Cl2N6O7. The van der Waals surface area contributed by atoms with Crippen molar-refractivity contribution in [3.63, 3.8) is 0 Å². The molecule has 75 heavy (non-hydrogen) atoms. The van der Waals surface area contributed by atoms with Crippen LogP contribution in [0.3, 0.4) is 0 Å². The average Bonchev–Trinajstić information content (AvgIpc) is 3.44. The van der Waals surface area contributed by atoms with Crippen molar-refractivity contribution in [2.75, 3.05) is 88.3 Å². The minimum atomic E-state index is -0.222. The molecule has 0 radical (unpaired) electrons. The summed E-state index contributed by atoms with van der Waals surface area (Å²) in [5.74, 6) is 0.562. The van der Waals surface area contributed by atoms with E-state index < -0.39 is 0 Å². The van der Waals surface area contributed by atoms with E-state index in [1.807, 2.05) is 72.8 Å². The number of amides is 2. The number of anilines is 2. The van der Waals surface area contributed by atoms with Crippen molar-refractivity contribution in [3.05, 3.63) is 200 Å². The summed E-state index contributed by atoms with van der Waals surface area (Å²) < 4.78 is 12.4. The first-order valence-electron chi connectivity index (χ1n) is 25.1. The smallest absolute Gasteiger partial charge is 0.255 e. The van der Waals surface area contributed by atoms with Gasteiger partial charge >= 0.3 is 0 Å². The Kier molecular flexibility index (Phi) is 20.8. The molecule has 2 aliphatic heterocycles. The molecule has 4 N–H and O–H groups in total. The zero-order valence-electron chi connectivity index (χ0n) is 42.5. The van der Waals surface area contributed by atoms with Gasteiger partial charge < -0.3 is 34.7 Å². The Morgan fingerprint density at radius 2 is 0.787 bits per heavy atom.